The minimum absolute atomic E-state index is 0.0536. The summed E-state index contributed by atoms with van der Waals surface area (Å²) in [6.45, 7) is 0.173. The normalized spacial score (nSPS) is 12.2. The summed E-state index contributed by atoms with van der Waals surface area (Å²) in [4.78, 5) is 12.2. The Morgan fingerprint density at radius 3 is 2.33 bits per heavy atom. The summed E-state index contributed by atoms with van der Waals surface area (Å²) in [7, 11) is 0. The van der Waals surface area contributed by atoms with Crippen LogP contribution in [0, 0.1) is 0 Å². The van der Waals surface area contributed by atoms with Crippen LogP contribution >= 0.6 is 11.6 Å². The molecule has 1 amide bonds. The molecule has 33 heavy (non-hydrogen) atoms. The van der Waals surface area contributed by atoms with Crippen LogP contribution in [0.4, 0.5) is 13.2 Å². The van der Waals surface area contributed by atoms with Crippen molar-refractivity contribution in [3.63, 3.8) is 0 Å². The third-order valence-corrected chi connectivity index (χ3v) is 4.87. The van der Waals surface area contributed by atoms with E-state index in [1.807, 2.05) is 6.07 Å². The molecule has 0 aliphatic carbocycles. The van der Waals surface area contributed by atoms with E-state index in [0.717, 1.165) is 5.56 Å². The van der Waals surface area contributed by atoms with Crippen molar-refractivity contribution < 1.29 is 32.5 Å². The molecule has 1 atom stereocenters. The summed E-state index contributed by atoms with van der Waals surface area (Å²) < 4.78 is 48.3. The van der Waals surface area contributed by atoms with Crippen molar-refractivity contribution in [1.82, 2.24) is 5.32 Å². The number of hydrogen-bond acceptors (Lipinski definition) is 4. The van der Waals surface area contributed by atoms with Gasteiger partial charge in [-0.05, 0) is 47.4 Å². The summed E-state index contributed by atoms with van der Waals surface area (Å²) in [5, 5.41) is 13.2. The molecule has 3 rings (SSSR count). The van der Waals surface area contributed by atoms with Crippen LogP contribution in [0.5, 0.6) is 11.5 Å². The molecule has 0 saturated heterocycles. The summed E-state index contributed by atoms with van der Waals surface area (Å²) in [5.41, 5.74) is 1.65. The topological polar surface area (TPSA) is 67.8 Å². The van der Waals surface area contributed by atoms with E-state index in [1.54, 1.807) is 42.5 Å². The first-order valence-corrected chi connectivity index (χ1v) is 10.4. The molecule has 5 nitrogen and oxygen atoms in total. The van der Waals surface area contributed by atoms with Gasteiger partial charge in [0.1, 0.15) is 6.61 Å². The number of halogens is 4. The lowest BCUT2D eigenvalue weighted by Gasteiger charge is -2.16. The van der Waals surface area contributed by atoms with Gasteiger partial charge in [0, 0.05) is 11.6 Å². The first kappa shape index (κ1) is 24.4. The van der Waals surface area contributed by atoms with Crippen molar-refractivity contribution in [1.29, 1.82) is 0 Å². The largest absolute Gasteiger partial charge is 0.573 e. The van der Waals surface area contributed by atoms with Gasteiger partial charge in [-0.25, -0.2) is 0 Å². The van der Waals surface area contributed by atoms with Crippen molar-refractivity contribution in [2.75, 3.05) is 6.54 Å². The molecule has 3 aromatic rings. The molecule has 0 saturated carbocycles. The van der Waals surface area contributed by atoms with Crippen LogP contribution in [0.2, 0.25) is 5.02 Å². The van der Waals surface area contributed by atoms with Gasteiger partial charge < -0.3 is 19.9 Å². The lowest BCUT2D eigenvalue weighted by Crippen LogP contribution is -2.31. The molecule has 0 aromatic heterocycles. The van der Waals surface area contributed by atoms with Crippen LogP contribution in [0.15, 0.2) is 72.8 Å². The Bertz CT molecular complexity index is 1060. The summed E-state index contributed by atoms with van der Waals surface area (Å²) in [5.74, 6) is -1.16. The van der Waals surface area contributed by atoms with E-state index in [2.05, 4.69) is 10.1 Å². The third kappa shape index (κ3) is 7.69. The zero-order valence-corrected chi connectivity index (χ0v) is 18.1. The summed E-state index contributed by atoms with van der Waals surface area (Å²) in [6, 6.07) is 19.4. The number of aliphatic hydroxyl groups is 1. The molecule has 3 aromatic carbocycles. The number of carbonyl (C=O) groups is 1. The maximum atomic E-state index is 12.9. The van der Waals surface area contributed by atoms with Gasteiger partial charge in [-0.3, -0.25) is 4.79 Å². The highest BCUT2D eigenvalue weighted by molar-refractivity contribution is 6.30. The number of hydrogen-bond donors (Lipinski definition) is 2. The van der Waals surface area contributed by atoms with E-state index < -0.39 is 24.1 Å². The lowest BCUT2D eigenvalue weighted by atomic mass is 10.1. The van der Waals surface area contributed by atoms with Gasteiger partial charge in [0.25, 0.3) is 5.91 Å². The second kappa shape index (κ2) is 11.1. The van der Waals surface area contributed by atoms with E-state index in [0.29, 0.717) is 16.1 Å². The predicted molar refractivity (Wildman–Crippen MR) is 117 cm³/mol. The smallest absolute Gasteiger partial charge is 0.485 e. The molecule has 0 aliphatic heterocycles. The van der Waals surface area contributed by atoms with Crippen LogP contribution in [-0.2, 0) is 17.8 Å². The molecule has 0 bridgehead atoms. The number of benzene rings is 3. The van der Waals surface area contributed by atoms with Gasteiger partial charge in [-0.1, -0.05) is 60.1 Å². The molecule has 174 valence electrons. The molecule has 2 N–H and O–H groups in total. The van der Waals surface area contributed by atoms with Gasteiger partial charge in [-0.15, -0.1) is 13.2 Å². The zero-order valence-electron chi connectivity index (χ0n) is 17.3. The molecule has 0 aliphatic rings. The van der Waals surface area contributed by atoms with E-state index in [1.165, 1.54) is 24.3 Å². The first-order valence-electron chi connectivity index (χ1n) is 9.98. The number of rotatable bonds is 9. The zero-order chi connectivity index (χ0) is 23.8. The second-order valence-electron chi connectivity index (χ2n) is 7.10. The van der Waals surface area contributed by atoms with E-state index >= 15 is 0 Å². The Labute approximate surface area is 193 Å². The Morgan fingerprint density at radius 2 is 1.67 bits per heavy atom. The average Bonchev–Trinajstić information content (AvgIpc) is 2.78. The van der Waals surface area contributed by atoms with Crippen LogP contribution in [0.3, 0.4) is 0 Å². The number of aliphatic hydroxyl groups excluding tert-OH is 1. The van der Waals surface area contributed by atoms with Crippen molar-refractivity contribution in [2.45, 2.75) is 25.5 Å². The van der Waals surface area contributed by atoms with Gasteiger partial charge >= 0.3 is 6.36 Å². The summed E-state index contributed by atoms with van der Waals surface area (Å²) in [6.07, 6.45) is -6.06. The van der Waals surface area contributed by atoms with Crippen molar-refractivity contribution in [3.8, 4) is 11.5 Å². The van der Waals surface area contributed by atoms with Crippen molar-refractivity contribution in [2.24, 2.45) is 0 Å². The van der Waals surface area contributed by atoms with E-state index in [4.69, 9.17) is 16.3 Å². The molecule has 0 fully saturated rings. The standard InChI is InChI=1S/C24H21ClF3NO4/c25-19-9-7-18(8-10-19)22(30)23(31)29-13-12-16-6-11-20(21(14-16)33-24(26,27)28)32-15-17-4-2-1-3-5-17/h1-11,14,22,30H,12-13,15H2,(H,29,31). The fourth-order valence-corrected chi connectivity index (χ4v) is 3.12. The highest BCUT2D eigenvalue weighted by Crippen LogP contribution is 2.34. The third-order valence-electron chi connectivity index (χ3n) is 4.62. The molecular formula is C24H21ClF3NO4. The first-order chi connectivity index (χ1) is 15.7. The molecule has 9 heteroatoms. The maximum Gasteiger partial charge on any atom is 0.573 e. The fraction of sp³-hybridized carbons (Fsp3) is 0.208. The number of carbonyl (C=O) groups excluding carboxylic acids is 1. The quantitative estimate of drug-likeness (QED) is 0.442. The summed E-state index contributed by atoms with van der Waals surface area (Å²) >= 11 is 5.79. The van der Waals surface area contributed by atoms with Crippen LogP contribution in [0.1, 0.15) is 22.8 Å². The average molecular weight is 480 g/mol. The Morgan fingerprint density at radius 1 is 0.970 bits per heavy atom. The van der Waals surface area contributed by atoms with Crippen LogP contribution in [-0.4, -0.2) is 23.9 Å². The number of ether oxygens (including phenoxy) is 2. The number of nitrogens with one attached hydrogen (secondary N) is 1. The van der Waals surface area contributed by atoms with Gasteiger partial charge in [0.2, 0.25) is 0 Å². The van der Waals surface area contributed by atoms with Crippen LogP contribution < -0.4 is 14.8 Å². The minimum Gasteiger partial charge on any atom is -0.485 e. The molecular weight excluding hydrogens is 459 g/mol. The lowest BCUT2D eigenvalue weighted by molar-refractivity contribution is -0.275. The van der Waals surface area contributed by atoms with Crippen molar-refractivity contribution >= 4 is 17.5 Å². The number of amides is 1. The Kier molecular flexibility index (Phi) is 8.19. The Hall–Kier alpha value is -3.23. The van der Waals surface area contributed by atoms with Gasteiger partial charge in [0.05, 0.1) is 0 Å². The molecule has 0 radical (unpaired) electrons. The predicted octanol–water partition coefficient (Wildman–Crippen LogP) is 5.21. The van der Waals surface area contributed by atoms with Gasteiger partial charge in [0.15, 0.2) is 17.6 Å². The van der Waals surface area contributed by atoms with Crippen molar-refractivity contribution in [3.05, 3.63) is 94.5 Å². The minimum atomic E-state index is -4.89. The Balaban J connectivity index is 1.61. The van der Waals surface area contributed by atoms with Crippen LogP contribution in [0.25, 0.3) is 0 Å². The fourth-order valence-electron chi connectivity index (χ4n) is 2.99. The SMILES string of the molecule is O=C(NCCc1ccc(OCc2ccccc2)c(OC(F)(F)F)c1)C(O)c1ccc(Cl)cc1. The van der Waals surface area contributed by atoms with E-state index in [9.17, 15) is 23.1 Å². The molecule has 1 unspecified atom stereocenters. The van der Waals surface area contributed by atoms with Gasteiger partial charge in [-0.2, -0.15) is 0 Å². The number of alkyl halides is 3. The highest BCUT2D eigenvalue weighted by atomic mass is 35.5. The second-order valence-corrected chi connectivity index (χ2v) is 7.53. The highest BCUT2D eigenvalue weighted by Gasteiger charge is 2.32. The maximum absolute atomic E-state index is 12.9. The van der Waals surface area contributed by atoms with E-state index in [-0.39, 0.29) is 25.3 Å². The monoisotopic (exact) mass is 479 g/mol. The molecule has 0 spiro atoms. The molecule has 0 heterocycles.